The van der Waals surface area contributed by atoms with Crippen molar-refractivity contribution in [3.63, 3.8) is 0 Å². The van der Waals surface area contributed by atoms with E-state index < -0.39 is 30.4 Å². The molecule has 0 aliphatic rings. The van der Waals surface area contributed by atoms with E-state index in [0.717, 1.165) is 0 Å². The van der Waals surface area contributed by atoms with Gasteiger partial charge in [-0.15, -0.1) is 0 Å². The summed E-state index contributed by atoms with van der Waals surface area (Å²) < 4.78 is 13.9. The summed E-state index contributed by atoms with van der Waals surface area (Å²) in [6, 6.07) is 5.40. The lowest BCUT2D eigenvalue weighted by atomic mass is 10.2. The molecule has 0 heterocycles. The first-order valence-corrected chi connectivity index (χ1v) is 7.30. The van der Waals surface area contributed by atoms with Crippen molar-refractivity contribution < 1.29 is 38.5 Å². The van der Waals surface area contributed by atoms with Crippen molar-refractivity contribution in [3.05, 3.63) is 29.8 Å². The van der Waals surface area contributed by atoms with Crippen LogP contribution >= 0.6 is 0 Å². The first-order valence-electron chi connectivity index (χ1n) is 7.30. The fourth-order valence-electron chi connectivity index (χ4n) is 1.69. The molecule has 0 spiro atoms. The van der Waals surface area contributed by atoms with Crippen molar-refractivity contribution in [2.75, 3.05) is 32.6 Å². The van der Waals surface area contributed by atoms with Crippen LogP contribution in [0, 0.1) is 0 Å². The van der Waals surface area contributed by atoms with Gasteiger partial charge in [0.1, 0.15) is 6.10 Å². The molecular weight excluding hydrogens is 350 g/mol. The third-order valence-corrected chi connectivity index (χ3v) is 2.97. The molecular formula is C15H19N3O8. The number of ether oxygens (including phenoxy) is 3. The highest BCUT2D eigenvalue weighted by Gasteiger charge is 2.17. The lowest BCUT2D eigenvalue weighted by Gasteiger charge is -2.18. The molecule has 0 aliphatic carbocycles. The molecule has 142 valence electrons. The van der Waals surface area contributed by atoms with Gasteiger partial charge in [0.15, 0.2) is 0 Å². The number of carbonyl (C=O) groups excluding carboxylic acids is 3. The van der Waals surface area contributed by atoms with E-state index in [-0.39, 0.29) is 18.7 Å². The van der Waals surface area contributed by atoms with E-state index in [1.54, 1.807) is 0 Å². The Morgan fingerprint density at radius 1 is 0.923 bits per heavy atom. The summed E-state index contributed by atoms with van der Waals surface area (Å²) >= 11 is 0. The number of nitrogens with one attached hydrogen (secondary N) is 3. The van der Waals surface area contributed by atoms with E-state index in [1.165, 1.54) is 38.5 Å². The van der Waals surface area contributed by atoms with Crippen LogP contribution in [0.25, 0.3) is 0 Å². The van der Waals surface area contributed by atoms with Crippen molar-refractivity contribution in [1.29, 1.82) is 0 Å². The van der Waals surface area contributed by atoms with E-state index >= 15 is 0 Å². The van der Waals surface area contributed by atoms with Crippen LogP contribution in [0.1, 0.15) is 10.4 Å². The summed E-state index contributed by atoms with van der Waals surface area (Å²) in [7, 11) is 2.34. The third kappa shape index (κ3) is 7.38. The van der Waals surface area contributed by atoms with Gasteiger partial charge in [0.2, 0.25) is 0 Å². The number of carboxylic acid groups (broad SMARTS) is 1. The Hall–Kier alpha value is -3.50. The Labute approximate surface area is 148 Å². The van der Waals surface area contributed by atoms with Crippen LogP contribution < -0.4 is 16.0 Å². The molecule has 0 fully saturated rings. The number of carboxylic acids is 1. The molecule has 11 heteroatoms. The van der Waals surface area contributed by atoms with Gasteiger partial charge in [-0.2, -0.15) is 0 Å². The molecule has 0 saturated heterocycles. The number of hydrogen-bond acceptors (Lipinski definition) is 7. The first kappa shape index (κ1) is 20.5. The lowest BCUT2D eigenvalue weighted by Crippen LogP contribution is -2.43. The standard InChI is InChI=1S/C15H19N3O8/c1-24-13(21)16-7-11(8-17-14(22)25-2)26-15(23)18-10-5-3-9(4-6-10)12(19)20/h3-6,11H,7-8H2,1-2H3,(H,16,21)(H,17,22)(H,18,23)(H,19,20). The van der Waals surface area contributed by atoms with Crippen molar-refractivity contribution in [2.24, 2.45) is 0 Å². The van der Waals surface area contributed by atoms with Gasteiger partial charge in [-0.1, -0.05) is 0 Å². The topological polar surface area (TPSA) is 152 Å². The van der Waals surface area contributed by atoms with Crippen molar-refractivity contribution in [3.8, 4) is 0 Å². The molecule has 0 aromatic heterocycles. The fourth-order valence-corrected chi connectivity index (χ4v) is 1.69. The highest BCUT2D eigenvalue weighted by atomic mass is 16.6. The molecule has 4 N–H and O–H groups in total. The summed E-state index contributed by atoms with van der Waals surface area (Å²) in [5, 5.41) is 15.9. The number of hydrogen-bond donors (Lipinski definition) is 4. The minimum Gasteiger partial charge on any atom is -0.478 e. The van der Waals surface area contributed by atoms with E-state index in [0.29, 0.717) is 5.69 Å². The third-order valence-electron chi connectivity index (χ3n) is 2.97. The fraction of sp³-hybridized carbons (Fsp3) is 0.333. The summed E-state index contributed by atoms with van der Waals surface area (Å²) in [5.74, 6) is -1.10. The van der Waals surface area contributed by atoms with Crippen LogP contribution in [-0.2, 0) is 14.2 Å². The van der Waals surface area contributed by atoms with Gasteiger partial charge < -0.3 is 30.0 Å². The van der Waals surface area contributed by atoms with Gasteiger partial charge in [0.05, 0.1) is 32.9 Å². The monoisotopic (exact) mass is 369 g/mol. The molecule has 1 aromatic carbocycles. The maximum atomic E-state index is 11.9. The van der Waals surface area contributed by atoms with Gasteiger partial charge in [-0.05, 0) is 24.3 Å². The summed E-state index contributed by atoms with van der Waals surface area (Å²) in [4.78, 5) is 45.0. The van der Waals surface area contributed by atoms with Crippen molar-refractivity contribution >= 4 is 29.9 Å². The maximum Gasteiger partial charge on any atom is 0.412 e. The van der Waals surface area contributed by atoms with E-state index in [2.05, 4.69) is 25.4 Å². The van der Waals surface area contributed by atoms with Crippen LogP contribution in [0.5, 0.6) is 0 Å². The summed E-state index contributed by atoms with van der Waals surface area (Å²) in [6.07, 6.45) is -3.24. The average molecular weight is 369 g/mol. The second-order valence-electron chi connectivity index (χ2n) is 4.78. The summed E-state index contributed by atoms with van der Waals surface area (Å²) in [6.45, 7) is -0.246. The Balaban J connectivity index is 2.62. The second kappa shape index (κ2) is 10.4. The Kier molecular flexibility index (Phi) is 8.20. The Morgan fingerprint density at radius 3 is 1.85 bits per heavy atom. The number of aromatic carboxylic acids is 1. The van der Waals surface area contributed by atoms with Crippen molar-refractivity contribution in [1.82, 2.24) is 10.6 Å². The number of amides is 3. The smallest absolute Gasteiger partial charge is 0.412 e. The van der Waals surface area contributed by atoms with Crippen LogP contribution in [0.15, 0.2) is 24.3 Å². The van der Waals surface area contributed by atoms with E-state index in [1.807, 2.05) is 0 Å². The molecule has 26 heavy (non-hydrogen) atoms. The first-order chi connectivity index (χ1) is 12.3. The molecule has 1 rings (SSSR count). The van der Waals surface area contributed by atoms with Gasteiger partial charge >= 0.3 is 24.2 Å². The molecule has 0 bridgehead atoms. The van der Waals surface area contributed by atoms with Gasteiger partial charge in [-0.25, -0.2) is 19.2 Å². The van der Waals surface area contributed by atoms with Crippen LogP contribution in [0.4, 0.5) is 20.1 Å². The highest BCUT2D eigenvalue weighted by molar-refractivity contribution is 5.89. The second-order valence-corrected chi connectivity index (χ2v) is 4.78. The van der Waals surface area contributed by atoms with Gasteiger partial charge in [0.25, 0.3) is 0 Å². The van der Waals surface area contributed by atoms with E-state index in [9.17, 15) is 19.2 Å². The average Bonchev–Trinajstić information content (AvgIpc) is 2.63. The van der Waals surface area contributed by atoms with Crippen LogP contribution in [0.2, 0.25) is 0 Å². The van der Waals surface area contributed by atoms with Crippen LogP contribution in [0.3, 0.4) is 0 Å². The number of rotatable bonds is 7. The molecule has 3 amide bonds. The molecule has 0 unspecified atom stereocenters. The normalized spacial score (nSPS) is 9.81. The van der Waals surface area contributed by atoms with Gasteiger partial charge in [-0.3, -0.25) is 5.32 Å². The molecule has 11 nitrogen and oxygen atoms in total. The maximum absolute atomic E-state index is 11.9. The quantitative estimate of drug-likeness (QED) is 0.520. The largest absolute Gasteiger partial charge is 0.478 e. The summed E-state index contributed by atoms with van der Waals surface area (Å²) in [5.41, 5.74) is 0.368. The number of anilines is 1. The molecule has 0 atom stereocenters. The zero-order chi connectivity index (χ0) is 19.5. The predicted molar refractivity (Wildman–Crippen MR) is 88.1 cm³/mol. The van der Waals surface area contributed by atoms with Crippen molar-refractivity contribution in [2.45, 2.75) is 6.10 Å². The van der Waals surface area contributed by atoms with Crippen LogP contribution in [-0.4, -0.2) is 62.8 Å². The molecule has 1 aromatic rings. The Bertz CT molecular complexity index is 627. The minimum absolute atomic E-state index is 0.0614. The zero-order valence-electron chi connectivity index (χ0n) is 14.1. The number of methoxy groups -OCH3 is 2. The Morgan fingerprint density at radius 2 is 1.42 bits per heavy atom. The predicted octanol–water partition coefficient (Wildman–Crippen LogP) is 1.01. The molecule has 0 aliphatic heterocycles. The number of alkyl carbamates (subject to hydrolysis) is 2. The highest BCUT2D eigenvalue weighted by Crippen LogP contribution is 2.10. The molecule has 0 radical (unpaired) electrons. The number of carbonyl (C=O) groups is 4. The SMILES string of the molecule is COC(=O)NCC(CNC(=O)OC)OC(=O)Nc1ccc(C(=O)O)cc1. The molecule has 0 saturated carbocycles. The van der Waals surface area contributed by atoms with Gasteiger partial charge in [0, 0.05) is 5.69 Å². The number of benzene rings is 1. The lowest BCUT2D eigenvalue weighted by molar-refractivity contribution is 0.0696. The van der Waals surface area contributed by atoms with E-state index in [4.69, 9.17) is 9.84 Å². The minimum atomic E-state index is -1.10. The zero-order valence-corrected chi connectivity index (χ0v) is 14.1.